The zero-order valence-corrected chi connectivity index (χ0v) is 15.5. The number of benzene rings is 2. The Morgan fingerprint density at radius 1 is 1.12 bits per heavy atom. The van der Waals surface area contributed by atoms with Gasteiger partial charge in [0.25, 0.3) is 5.91 Å². The van der Waals surface area contributed by atoms with Crippen LogP contribution in [0.2, 0.25) is 0 Å². The van der Waals surface area contributed by atoms with Crippen molar-refractivity contribution in [2.45, 2.75) is 39.7 Å². The highest BCUT2D eigenvalue weighted by Crippen LogP contribution is 2.20. The van der Waals surface area contributed by atoms with E-state index in [1.54, 1.807) is 14.0 Å². The molecular formula is C21H27NO3. The fourth-order valence-electron chi connectivity index (χ4n) is 2.62. The lowest BCUT2D eigenvalue weighted by atomic mass is 10.1. The van der Waals surface area contributed by atoms with E-state index in [1.807, 2.05) is 50.2 Å². The number of aryl methyl sites for hydroxylation is 3. The molecule has 2 aromatic carbocycles. The van der Waals surface area contributed by atoms with Gasteiger partial charge in [-0.05, 0) is 62.9 Å². The van der Waals surface area contributed by atoms with Gasteiger partial charge in [-0.3, -0.25) is 4.79 Å². The van der Waals surface area contributed by atoms with E-state index in [0.29, 0.717) is 6.54 Å². The van der Waals surface area contributed by atoms with Gasteiger partial charge in [-0.2, -0.15) is 0 Å². The largest absolute Gasteiger partial charge is 0.497 e. The van der Waals surface area contributed by atoms with Gasteiger partial charge < -0.3 is 14.8 Å². The SMILES string of the molecule is COc1ccc(CCCNC(=O)[C@H](C)Oc2ccc(C)cc2C)cc1. The molecule has 4 nitrogen and oxygen atoms in total. The number of methoxy groups -OCH3 is 1. The summed E-state index contributed by atoms with van der Waals surface area (Å²) >= 11 is 0. The molecule has 1 amide bonds. The minimum Gasteiger partial charge on any atom is -0.497 e. The van der Waals surface area contributed by atoms with Gasteiger partial charge in [-0.15, -0.1) is 0 Å². The highest BCUT2D eigenvalue weighted by Gasteiger charge is 2.15. The molecule has 0 bridgehead atoms. The Hall–Kier alpha value is -2.49. The van der Waals surface area contributed by atoms with Crippen molar-refractivity contribution in [3.8, 4) is 11.5 Å². The van der Waals surface area contributed by atoms with E-state index < -0.39 is 6.10 Å². The van der Waals surface area contributed by atoms with Gasteiger partial charge in [0.15, 0.2) is 6.10 Å². The maximum absolute atomic E-state index is 12.2. The summed E-state index contributed by atoms with van der Waals surface area (Å²) < 4.78 is 10.9. The van der Waals surface area contributed by atoms with Crippen molar-refractivity contribution in [2.75, 3.05) is 13.7 Å². The maximum atomic E-state index is 12.2. The third-order valence-electron chi connectivity index (χ3n) is 4.10. The Morgan fingerprint density at radius 3 is 2.48 bits per heavy atom. The van der Waals surface area contributed by atoms with E-state index in [0.717, 1.165) is 29.9 Å². The zero-order chi connectivity index (χ0) is 18.2. The van der Waals surface area contributed by atoms with Gasteiger partial charge in [-0.25, -0.2) is 0 Å². The number of carbonyl (C=O) groups excluding carboxylic acids is 1. The van der Waals surface area contributed by atoms with Gasteiger partial charge in [0.05, 0.1) is 7.11 Å². The standard InChI is InChI=1S/C21H27NO3/c1-15-7-12-20(16(2)14-15)25-17(3)21(23)22-13-5-6-18-8-10-19(24-4)11-9-18/h7-12,14,17H,5-6,13H2,1-4H3,(H,22,23)/t17-/m0/s1. The summed E-state index contributed by atoms with van der Waals surface area (Å²) in [6.45, 7) is 6.43. The fourth-order valence-corrected chi connectivity index (χ4v) is 2.62. The summed E-state index contributed by atoms with van der Waals surface area (Å²) in [5.74, 6) is 1.52. The van der Waals surface area contributed by atoms with Crippen LogP contribution in [0, 0.1) is 13.8 Å². The molecule has 0 aliphatic carbocycles. The van der Waals surface area contributed by atoms with Crippen LogP contribution < -0.4 is 14.8 Å². The van der Waals surface area contributed by atoms with Crippen molar-refractivity contribution in [1.82, 2.24) is 5.32 Å². The quantitative estimate of drug-likeness (QED) is 0.742. The predicted octanol–water partition coefficient (Wildman–Crippen LogP) is 3.83. The minimum atomic E-state index is -0.512. The first-order valence-electron chi connectivity index (χ1n) is 8.64. The first-order valence-corrected chi connectivity index (χ1v) is 8.64. The van der Waals surface area contributed by atoms with Crippen LogP contribution in [0.5, 0.6) is 11.5 Å². The first kappa shape index (κ1) is 18.8. The summed E-state index contributed by atoms with van der Waals surface area (Å²) in [4.78, 5) is 12.2. The second-order valence-electron chi connectivity index (χ2n) is 6.27. The molecular weight excluding hydrogens is 314 g/mol. The van der Waals surface area contributed by atoms with Gasteiger partial charge in [-0.1, -0.05) is 29.8 Å². The van der Waals surface area contributed by atoms with Crippen LogP contribution in [0.1, 0.15) is 30.0 Å². The molecule has 0 radical (unpaired) electrons. The summed E-state index contributed by atoms with van der Waals surface area (Å²) in [6.07, 6.45) is 1.28. The van der Waals surface area contributed by atoms with Crippen molar-refractivity contribution in [3.05, 3.63) is 59.2 Å². The molecule has 0 unspecified atom stereocenters. The van der Waals surface area contributed by atoms with Gasteiger partial charge >= 0.3 is 0 Å². The molecule has 1 atom stereocenters. The monoisotopic (exact) mass is 341 g/mol. The first-order chi connectivity index (χ1) is 12.0. The smallest absolute Gasteiger partial charge is 0.260 e. The van der Waals surface area contributed by atoms with E-state index in [9.17, 15) is 4.79 Å². The fraction of sp³-hybridized carbons (Fsp3) is 0.381. The normalized spacial score (nSPS) is 11.7. The van der Waals surface area contributed by atoms with E-state index in [-0.39, 0.29) is 5.91 Å². The molecule has 0 aromatic heterocycles. The third-order valence-corrected chi connectivity index (χ3v) is 4.10. The maximum Gasteiger partial charge on any atom is 0.260 e. The van der Waals surface area contributed by atoms with E-state index >= 15 is 0 Å². The summed E-state index contributed by atoms with van der Waals surface area (Å²) in [5, 5.41) is 2.94. The Labute approximate surface area is 150 Å². The Balaban J connectivity index is 1.73. The van der Waals surface area contributed by atoms with Gasteiger partial charge in [0, 0.05) is 6.54 Å². The molecule has 25 heavy (non-hydrogen) atoms. The number of hydrogen-bond acceptors (Lipinski definition) is 3. The molecule has 4 heteroatoms. The molecule has 0 heterocycles. The summed E-state index contributed by atoms with van der Waals surface area (Å²) in [6, 6.07) is 14.0. The number of carbonyl (C=O) groups is 1. The van der Waals surface area contributed by atoms with Gasteiger partial charge in [0.1, 0.15) is 11.5 Å². The van der Waals surface area contributed by atoms with Crippen molar-refractivity contribution < 1.29 is 14.3 Å². The summed E-state index contributed by atoms with van der Waals surface area (Å²) in [7, 11) is 1.66. The van der Waals surface area contributed by atoms with Crippen molar-refractivity contribution in [3.63, 3.8) is 0 Å². The highest BCUT2D eigenvalue weighted by molar-refractivity contribution is 5.80. The Kier molecular flexibility index (Phi) is 6.87. The van der Waals surface area contributed by atoms with Crippen LogP contribution in [0.3, 0.4) is 0 Å². The van der Waals surface area contributed by atoms with Crippen LogP contribution in [-0.2, 0) is 11.2 Å². The van der Waals surface area contributed by atoms with Crippen molar-refractivity contribution >= 4 is 5.91 Å². The Morgan fingerprint density at radius 2 is 1.84 bits per heavy atom. The lowest BCUT2D eigenvalue weighted by Crippen LogP contribution is -2.37. The van der Waals surface area contributed by atoms with E-state index in [1.165, 1.54) is 11.1 Å². The number of nitrogens with one attached hydrogen (secondary N) is 1. The lowest BCUT2D eigenvalue weighted by molar-refractivity contribution is -0.127. The Bertz CT molecular complexity index is 695. The average molecular weight is 341 g/mol. The number of amides is 1. The van der Waals surface area contributed by atoms with Crippen molar-refractivity contribution in [1.29, 1.82) is 0 Å². The number of rotatable bonds is 8. The average Bonchev–Trinajstić information content (AvgIpc) is 2.61. The van der Waals surface area contributed by atoms with Crippen LogP contribution >= 0.6 is 0 Å². The topological polar surface area (TPSA) is 47.6 Å². The molecule has 2 aromatic rings. The van der Waals surface area contributed by atoms with Gasteiger partial charge in [0.2, 0.25) is 0 Å². The van der Waals surface area contributed by atoms with Crippen LogP contribution in [-0.4, -0.2) is 25.7 Å². The second-order valence-corrected chi connectivity index (χ2v) is 6.27. The van der Waals surface area contributed by atoms with Crippen LogP contribution in [0.25, 0.3) is 0 Å². The zero-order valence-electron chi connectivity index (χ0n) is 15.5. The van der Waals surface area contributed by atoms with Crippen LogP contribution in [0.15, 0.2) is 42.5 Å². The van der Waals surface area contributed by atoms with Crippen LogP contribution in [0.4, 0.5) is 0 Å². The molecule has 1 N–H and O–H groups in total. The molecule has 0 spiro atoms. The van der Waals surface area contributed by atoms with E-state index in [2.05, 4.69) is 11.4 Å². The van der Waals surface area contributed by atoms with Crippen molar-refractivity contribution in [2.24, 2.45) is 0 Å². The number of hydrogen-bond donors (Lipinski definition) is 1. The molecule has 0 fully saturated rings. The molecule has 134 valence electrons. The minimum absolute atomic E-state index is 0.0882. The molecule has 0 saturated carbocycles. The molecule has 0 aliphatic rings. The van der Waals surface area contributed by atoms with E-state index in [4.69, 9.17) is 9.47 Å². The third kappa shape index (κ3) is 5.82. The molecule has 2 rings (SSSR count). The molecule has 0 saturated heterocycles. The summed E-state index contributed by atoms with van der Waals surface area (Å²) in [5.41, 5.74) is 3.45. The highest BCUT2D eigenvalue weighted by atomic mass is 16.5. The lowest BCUT2D eigenvalue weighted by Gasteiger charge is -2.16. The number of ether oxygens (including phenoxy) is 2. The predicted molar refractivity (Wildman–Crippen MR) is 100 cm³/mol. The molecule has 0 aliphatic heterocycles. The second kappa shape index (κ2) is 9.11.